The van der Waals surface area contributed by atoms with Gasteiger partial charge in [-0.15, -0.1) is 0 Å². The first-order chi connectivity index (χ1) is 16.7. The van der Waals surface area contributed by atoms with Crippen molar-refractivity contribution in [1.82, 2.24) is 4.90 Å². The number of likely N-dealkylation sites (tertiary alicyclic amines) is 1. The lowest BCUT2D eigenvalue weighted by Crippen LogP contribution is -2.57. The van der Waals surface area contributed by atoms with Crippen LogP contribution in [0, 0.1) is 17.8 Å². The van der Waals surface area contributed by atoms with Gasteiger partial charge in [-0.1, -0.05) is 36.2 Å². The van der Waals surface area contributed by atoms with Gasteiger partial charge in [0, 0.05) is 10.5 Å². The summed E-state index contributed by atoms with van der Waals surface area (Å²) in [6.45, 7) is 5.50. The fraction of sp³-hybridized carbons (Fsp3) is 0.640. The Morgan fingerprint density at radius 1 is 1.31 bits per heavy atom. The van der Waals surface area contributed by atoms with Crippen molar-refractivity contribution in [3.63, 3.8) is 0 Å². The molecule has 0 aliphatic carbocycles. The van der Waals surface area contributed by atoms with Gasteiger partial charge < -0.3 is 29.5 Å². The molecular formula is C25H33BrN2O7. The fourth-order valence-corrected chi connectivity index (χ4v) is 6.87. The highest BCUT2D eigenvalue weighted by Crippen LogP contribution is 2.60. The van der Waals surface area contributed by atoms with Crippen LogP contribution in [0.3, 0.4) is 0 Å². The molecule has 0 aromatic heterocycles. The molecule has 2 bridgehead atoms. The van der Waals surface area contributed by atoms with Gasteiger partial charge in [-0.3, -0.25) is 14.4 Å². The third kappa shape index (κ3) is 4.13. The molecule has 3 aliphatic rings. The maximum atomic E-state index is 14.0. The number of hydrogen-bond donors (Lipinski definition) is 2. The van der Waals surface area contributed by atoms with Crippen molar-refractivity contribution in [2.24, 2.45) is 17.8 Å². The molecule has 4 rings (SSSR count). The second-order valence-electron chi connectivity index (χ2n) is 9.51. The molecule has 3 heterocycles. The second kappa shape index (κ2) is 10.1. The summed E-state index contributed by atoms with van der Waals surface area (Å²) < 4.78 is 16.9. The Morgan fingerprint density at radius 2 is 2.00 bits per heavy atom. The van der Waals surface area contributed by atoms with Crippen molar-refractivity contribution in [3.05, 3.63) is 24.3 Å². The van der Waals surface area contributed by atoms with Crippen molar-refractivity contribution >= 4 is 39.4 Å². The van der Waals surface area contributed by atoms with E-state index in [0.717, 1.165) is 0 Å². The molecule has 10 heteroatoms. The standard InChI is InChI=1S/C25H33BrN2O7/c1-5-13(3)17(12-29)28-21(22(30)27-14-7-9-15(33-4)10-8-14)25-11-16(26)20(35-25)18(19(25)23(28)31)24(32)34-6-2/h7-10,13,16-21,29H,5-6,11-12H2,1-4H3,(H,27,30)/t13-,16?,17-,18+,19-,20+,21+,25-/m0/s1. The topological polar surface area (TPSA) is 114 Å². The van der Waals surface area contributed by atoms with E-state index in [2.05, 4.69) is 21.2 Å². The summed E-state index contributed by atoms with van der Waals surface area (Å²) in [4.78, 5) is 42.1. The lowest BCUT2D eigenvalue weighted by Gasteiger charge is -2.38. The zero-order valence-electron chi connectivity index (χ0n) is 20.4. The maximum Gasteiger partial charge on any atom is 0.312 e. The lowest BCUT2D eigenvalue weighted by molar-refractivity contribution is -0.155. The van der Waals surface area contributed by atoms with Crippen LogP contribution in [0.4, 0.5) is 5.69 Å². The van der Waals surface area contributed by atoms with Crippen LogP contribution in [0.1, 0.15) is 33.6 Å². The van der Waals surface area contributed by atoms with Crippen LogP contribution in [-0.4, -0.2) is 76.7 Å². The van der Waals surface area contributed by atoms with Gasteiger partial charge in [0.05, 0.1) is 44.3 Å². The van der Waals surface area contributed by atoms with Gasteiger partial charge in [0.1, 0.15) is 17.4 Å². The van der Waals surface area contributed by atoms with E-state index >= 15 is 0 Å². The molecule has 1 spiro atoms. The van der Waals surface area contributed by atoms with Gasteiger partial charge in [-0.2, -0.15) is 0 Å². The fourth-order valence-electron chi connectivity index (χ4n) is 5.93. The number of benzene rings is 1. The summed E-state index contributed by atoms with van der Waals surface area (Å²) >= 11 is 3.62. The van der Waals surface area contributed by atoms with Crippen LogP contribution in [0.15, 0.2) is 24.3 Å². The van der Waals surface area contributed by atoms with Gasteiger partial charge in [-0.05, 0) is 43.5 Å². The Labute approximate surface area is 213 Å². The summed E-state index contributed by atoms with van der Waals surface area (Å²) in [5, 5.41) is 13.2. The highest BCUT2D eigenvalue weighted by Gasteiger charge is 2.77. The number of carbonyl (C=O) groups excluding carboxylic acids is 3. The lowest BCUT2D eigenvalue weighted by atomic mass is 9.70. The van der Waals surface area contributed by atoms with E-state index in [1.165, 1.54) is 4.90 Å². The predicted octanol–water partition coefficient (Wildman–Crippen LogP) is 2.35. The number of aliphatic hydroxyl groups excluding tert-OH is 1. The molecule has 3 saturated heterocycles. The Hall–Kier alpha value is -2.17. The van der Waals surface area contributed by atoms with Gasteiger partial charge in [0.25, 0.3) is 0 Å². The van der Waals surface area contributed by atoms with Crippen LogP contribution in [0.5, 0.6) is 5.75 Å². The molecule has 0 radical (unpaired) electrons. The van der Waals surface area contributed by atoms with Crippen LogP contribution < -0.4 is 10.1 Å². The largest absolute Gasteiger partial charge is 0.497 e. The second-order valence-corrected chi connectivity index (χ2v) is 10.7. The highest BCUT2D eigenvalue weighted by molar-refractivity contribution is 9.09. The molecule has 8 atom stereocenters. The molecule has 192 valence electrons. The minimum atomic E-state index is -1.20. The molecule has 3 fully saturated rings. The normalized spacial score (nSPS) is 32.8. The molecule has 2 N–H and O–H groups in total. The quantitative estimate of drug-likeness (QED) is 0.357. The number of halogens is 1. The van der Waals surface area contributed by atoms with Gasteiger partial charge in [0.2, 0.25) is 11.8 Å². The summed E-state index contributed by atoms with van der Waals surface area (Å²) in [6, 6.07) is 5.27. The van der Waals surface area contributed by atoms with Crippen molar-refractivity contribution in [1.29, 1.82) is 0 Å². The first kappa shape index (κ1) is 25.9. The first-order valence-electron chi connectivity index (χ1n) is 12.1. The average molecular weight is 553 g/mol. The Morgan fingerprint density at radius 3 is 2.57 bits per heavy atom. The van der Waals surface area contributed by atoms with E-state index in [1.807, 2.05) is 13.8 Å². The summed E-state index contributed by atoms with van der Waals surface area (Å²) in [5.74, 6) is -2.37. The third-order valence-corrected chi connectivity index (χ3v) is 8.58. The first-order valence-corrected chi connectivity index (χ1v) is 13.0. The molecule has 3 aliphatic heterocycles. The van der Waals surface area contributed by atoms with E-state index in [0.29, 0.717) is 24.3 Å². The maximum absolute atomic E-state index is 14.0. The van der Waals surface area contributed by atoms with Gasteiger partial charge >= 0.3 is 5.97 Å². The number of fused-ring (bicyclic) bond motifs is 1. The van der Waals surface area contributed by atoms with Crippen LogP contribution in [0.25, 0.3) is 0 Å². The molecule has 1 aromatic rings. The number of nitrogens with zero attached hydrogens (tertiary/aromatic N) is 1. The number of methoxy groups -OCH3 is 1. The van der Waals surface area contributed by atoms with Crippen molar-refractivity contribution in [3.8, 4) is 5.75 Å². The number of anilines is 1. The van der Waals surface area contributed by atoms with Crippen LogP contribution in [0.2, 0.25) is 0 Å². The number of nitrogens with one attached hydrogen (secondary N) is 1. The number of carbonyl (C=O) groups is 3. The van der Waals surface area contributed by atoms with Crippen molar-refractivity contribution < 1.29 is 33.7 Å². The van der Waals surface area contributed by atoms with Crippen LogP contribution >= 0.6 is 15.9 Å². The highest BCUT2D eigenvalue weighted by atomic mass is 79.9. The monoisotopic (exact) mass is 552 g/mol. The minimum Gasteiger partial charge on any atom is -0.497 e. The smallest absolute Gasteiger partial charge is 0.312 e. The van der Waals surface area contributed by atoms with E-state index in [9.17, 15) is 19.5 Å². The molecule has 0 saturated carbocycles. The number of aliphatic hydroxyl groups is 1. The van der Waals surface area contributed by atoms with E-state index in [4.69, 9.17) is 14.2 Å². The Balaban J connectivity index is 1.76. The third-order valence-electron chi connectivity index (χ3n) is 7.74. The number of amides is 2. The molecule has 35 heavy (non-hydrogen) atoms. The van der Waals surface area contributed by atoms with E-state index in [-0.39, 0.29) is 29.9 Å². The Bertz CT molecular complexity index is 973. The summed E-state index contributed by atoms with van der Waals surface area (Å²) in [6.07, 6.45) is 0.517. The molecule has 9 nitrogen and oxygen atoms in total. The van der Waals surface area contributed by atoms with Crippen LogP contribution in [-0.2, 0) is 23.9 Å². The molecule has 2 amide bonds. The number of rotatable bonds is 9. The van der Waals surface area contributed by atoms with Gasteiger partial charge in [-0.25, -0.2) is 0 Å². The zero-order valence-corrected chi connectivity index (χ0v) is 22.0. The van der Waals surface area contributed by atoms with Crippen molar-refractivity contribution in [2.75, 3.05) is 25.6 Å². The SMILES string of the molecule is CCOC(=O)[C@H]1[C@@H]2O[C@@]3(CC2Br)[C@@H]1C(=O)N([C@@H](CO)[C@@H](C)CC)[C@@H]3C(=O)Nc1ccc(OC)cc1. The molecule has 1 aromatic carbocycles. The number of esters is 1. The van der Waals surface area contributed by atoms with E-state index in [1.54, 1.807) is 38.3 Å². The zero-order chi connectivity index (χ0) is 25.5. The predicted molar refractivity (Wildman–Crippen MR) is 131 cm³/mol. The minimum absolute atomic E-state index is 0.0755. The average Bonchev–Trinajstić information content (AvgIpc) is 3.43. The Kier molecular flexibility index (Phi) is 7.45. The summed E-state index contributed by atoms with van der Waals surface area (Å²) in [7, 11) is 1.56. The number of alkyl halides is 1. The van der Waals surface area contributed by atoms with E-state index < -0.39 is 47.5 Å². The van der Waals surface area contributed by atoms with Crippen molar-refractivity contribution in [2.45, 2.75) is 62.2 Å². The summed E-state index contributed by atoms with van der Waals surface area (Å²) in [5.41, 5.74) is -0.665. The number of hydrogen-bond acceptors (Lipinski definition) is 7. The molecule has 1 unspecified atom stereocenters. The number of ether oxygens (including phenoxy) is 3. The van der Waals surface area contributed by atoms with Gasteiger partial charge in [0.15, 0.2) is 0 Å². The molecular weight excluding hydrogens is 520 g/mol.